The number of benzene rings is 1. The van der Waals surface area contributed by atoms with Crippen molar-refractivity contribution in [2.75, 3.05) is 42.8 Å². The number of hydrogen-bond donors (Lipinski definition) is 2. The van der Waals surface area contributed by atoms with Gasteiger partial charge < -0.3 is 10.2 Å². The van der Waals surface area contributed by atoms with E-state index in [0.717, 1.165) is 29.3 Å². The summed E-state index contributed by atoms with van der Waals surface area (Å²) in [7, 11) is -4.34. The molecule has 2 aromatic heterocycles. The highest BCUT2D eigenvalue weighted by molar-refractivity contribution is 7.90. The number of anilines is 2. The van der Waals surface area contributed by atoms with Gasteiger partial charge in [-0.05, 0) is 49.8 Å². The van der Waals surface area contributed by atoms with Gasteiger partial charge in [-0.3, -0.25) is 18.9 Å². The molecule has 3 fully saturated rings. The lowest BCUT2D eigenvalue weighted by Crippen LogP contribution is -2.34. The smallest absolute Gasteiger partial charge is 0.301 e. The van der Waals surface area contributed by atoms with Gasteiger partial charge in [0.15, 0.2) is 5.82 Å². The van der Waals surface area contributed by atoms with Crippen molar-refractivity contribution >= 4 is 38.8 Å². The molecule has 1 amide bonds. The molecule has 3 aromatic rings. The Labute approximate surface area is 239 Å². The predicted octanol–water partition coefficient (Wildman–Crippen LogP) is 3.05. The number of carbonyl (C=O) groups excluding carboxylic acids is 1. The van der Waals surface area contributed by atoms with E-state index in [9.17, 15) is 22.4 Å². The molecule has 42 heavy (non-hydrogen) atoms. The summed E-state index contributed by atoms with van der Waals surface area (Å²) >= 11 is 0. The molecule has 2 saturated heterocycles. The molecule has 0 bridgehead atoms. The molecule has 0 spiro atoms. The van der Waals surface area contributed by atoms with E-state index in [1.807, 2.05) is 0 Å². The fraction of sp³-hybridized carbons (Fsp3) is 0.481. The van der Waals surface area contributed by atoms with Crippen LogP contribution < -0.4 is 15.6 Å². The normalized spacial score (nSPS) is 21.3. The lowest BCUT2D eigenvalue weighted by molar-refractivity contribution is -0.127. The van der Waals surface area contributed by atoms with Crippen LogP contribution in [0.4, 0.5) is 24.8 Å². The van der Waals surface area contributed by atoms with Crippen LogP contribution in [0.1, 0.15) is 38.6 Å². The third-order valence-corrected chi connectivity index (χ3v) is 9.51. The Balaban J connectivity index is 1.45. The number of nitrogens with one attached hydrogen (secondary N) is 2. The van der Waals surface area contributed by atoms with Crippen LogP contribution in [0, 0.1) is 17.6 Å². The zero-order valence-corrected chi connectivity index (χ0v) is 23.6. The van der Waals surface area contributed by atoms with Crippen LogP contribution in [0.25, 0.3) is 22.2 Å². The Morgan fingerprint density at radius 3 is 2.57 bits per heavy atom. The van der Waals surface area contributed by atoms with E-state index in [0.29, 0.717) is 36.8 Å². The van der Waals surface area contributed by atoms with Gasteiger partial charge in [0.2, 0.25) is 11.9 Å². The molecule has 1 unspecified atom stereocenters. The van der Waals surface area contributed by atoms with Crippen molar-refractivity contribution in [3.63, 3.8) is 0 Å². The van der Waals surface area contributed by atoms with Gasteiger partial charge >= 0.3 is 10.2 Å². The first-order valence-corrected chi connectivity index (χ1v) is 15.3. The molecule has 224 valence electrons. The minimum Gasteiger partial charge on any atom is -0.354 e. The van der Waals surface area contributed by atoms with Gasteiger partial charge in [-0.1, -0.05) is 0 Å². The van der Waals surface area contributed by atoms with Crippen LogP contribution in [0.5, 0.6) is 0 Å². The van der Waals surface area contributed by atoms with Crippen molar-refractivity contribution in [3.8, 4) is 11.1 Å². The summed E-state index contributed by atoms with van der Waals surface area (Å²) in [6.07, 6.45) is 2.77. The quantitative estimate of drug-likeness (QED) is 0.404. The minimum absolute atomic E-state index is 0.0107. The molecular weight excluding hydrogens is 575 g/mol. The van der Waals surface area contributed by atoms with E-state index in [1.165, 1.54) is 23.8 Å². The van der Waals surface area contributed by atoms with E-state index < -0.39 is 50.9 Å². The molecule has 2 aliphatic heterocycles. The molecule has 15 heteroatoms. The summed E-state index contributed by atoms with van der Waals surface area (Å²) in [4.78, 5) is 36.6. The number of halogens is 3. The first-order valence-electron chi connectivity index (χ1n) is 13.8. The molecule has 4 heterocycles. The van der Waals surface area contributed by atoms with Crippen molar-refractivity contribution in [1.82, 2.24) is 23.7 Å². The highest BCUT2D eigenvalue weighted by atomic mass is 32.2. The topological polar surface area (TPSA) is 130 Å². The fourth-order valence-corrected chi connectivity index (χ4v) is 6.78. The van der Waals surface area contributed by atoms with Crippen molar-refractivity contribution in [3.05, 3.63) is 46.4 Å². The van der Waals surface area contributed by atoms with Crippen LogP contribution >= 0.6 is 0 Å². The van der Waals surface area contributed by atoms with E-state index in [-0.39, 0.29) is 43.2 Å². The lowest BCUT2D eigenvalue weighted by Gasteiger charge is -2.20. The maximum atomic E-state index is 15.9. The Bertz CT molecular complexity index is 1730. The summed E-state index contributed by atoms with van der Waals surface area (Å²) < 4.78 is 74.7. The molecule has 6 rings (SSSR count). The van der Waals surface area contributed by atoms with E-state index in [1.54, 1.807) is 4.90 Å². The standard InChI is InChI=1S/C27H30F3N7O4S/c1-15(38)35-8-7-19(14-35)37-25-17(12-32-27(33-25)31-11-16-2-3-16)10-20(26(37)39)23-21(29)4-5-22(24(23)30)34-42(40,41)36-9-6-18(28)13-36/h4-5,10,12,16,18-19,34H,2-3,6-9,11,13-14H2,1H3,(H,31,32,33)/t18-,19?/m1/s1. The molecule has 1 aromatic carbocycles. The number of hydrogen-bond acceptors (Lipinski definition) is 7. The maximum absolute atomic E-state index is 15.9. The number of amides is 1. The molecule has 2 N–H and O–H groups in total. The monoisotopic (exact) mass is 605 g/mol. The summed E-state index contributed by atoms with van der Waals surface area (Å²) in [5.41, 5.74) is -2.16. The molecule has 11 nitrogen and oxygen atoms in total. The number of pyridine rings is 1. The first-order chi connectivity index (χ1) is 20.0. The van der Waals surface area contributed by atoms with Crippen LogP contribution in [0.2, 0.25) is 0 Å². The fourth-order valence-electron chi connectivity index (χ4n) is 5.51. The molecule has 3 aliphatic rings. The number of nitrogens with zero attached hydrogens (tertiary/aromatic N) is 5. The number of aromatic nitrogens is 3. The van der Waals surface area contributed by atoms with Gasteiger partial charge in [-0.2, -0.15) is 17.7 Å². The second-order valence-corrected chi connectivity index (χ2v) is 12.7. The van der Waals surface area contributed by atoms with E-state index in [4.69, 9.17) is 0 Å². The summed E-state index contributed by atoms with van der Waals surface area (Å²) in [5, 5.41) is 3.50. The summed E-state index contributed by atoms with van der Waals surface area (Å²) in [5.74, 6) is -1.70. The number of likely N-dealkylation sites (tertiary alicyclic amines) is 1. The Morgan fingerprint density at radius 1 is 1.12 bits per heavy atom. The van der Waals surface area contributed by atoms with Crippen molar-refractivity contribution < 1.29 is 26.4 Å². The molecule has 0 radical (unpaired) electrons. The third-order valence-electron chi connectivity index (χ3n) is 8.03. The van der Waals surface area contributed by atoms with Gasteiger partial charge in [-0.15, -0.1) is 0 Å². The zero-order valence-electron chi connectivity index (χ0n) is 22.8. The average Bonchev–Trinajstić information content (AvgIpc) is 3.44. The lowest BCUT2D eigenvalue weighted by atomic mass is 10.0. The van der Waals surface area contributed by atoms with Crippen molar-refractivity contribution in [2.45, 2.75) is 44.8 Å². The van der Waals surface area contributed by atoms with Gasteiger partial charge in [0.25, 0.3) is 5.56 Å². The predicted molar refractivity (Wildman–Crippen MR) is 150 cm³/mol. The van der Waals surface area contributed by atoms with E-state index in [2.05, 4.69) is 20.0 Å². The molecule has 1 aliphatic carbocycles. The van der Waals surface area contributed by atoms with Crippen LogP contribution in [-0.4, -0.2) is 77.0 Å². The van der Waals surface area contributed by atoms with Gasteiger partial charge in [0.1, 0.15) is 17.6 Å². The average molecular weight is 606 g/mol. The molecular formula is C27H30F3N7O4S. The number of rotatable bonds is 8. The molecule has 1 saturated carbocycles. The largest absolute Gasteiger partial charge is 0.354 e. The summed E-state index contributed by atoms with van der Waals surface area (Å²) in [6.45, 7) is 2.24. The minimum atomic E-state index is -4.34. The third kappa shape index (κ3) is 5.42. The zero-order chi connectivity index (χ0) is 29.8. The maximum Gasteiger partial charge on any atom is 0.301 e. The molecule has 2 atom stereocenters. The highest BCUT2D eigenvalue weighted by Gasteiger charge is 2.34. The van der Waals surface area contributed by atoms with Crippen LogP contribution in [-0.2, 0) is 15.0 Å². The second kappa shape index (κ2) is 10.8. The Kier molecular flexibility index (Phi) is 7.33. The number of carbonyl (C=O) groups is 1. The Hall–Kier alpha value is -3.72. The number of fused-ring (bicyclic) bond motifs is 1. The summed E-state index contributed by atoms with van der Waals surface area (Å²) in [6, 6.07) is 2.54. The Morgan fingerprint density at radius 2 is 1.90 bits per heavy atom. The SMILES string of the molecule is CC(=O)N1CCC(n2c(=O)c(-c3c(F)ccc(NS(=O)(=O)N4CC[C@@H](F)C4)c3F)cc3cnc(NCC4CC4)nc32)C1. The van der Waals surface area contributed by atoms with Crippen molar-refractivity contribution in [2.24, 2.45) is 5.92 Å². The van der Waals surface area contributed by atoms with Gasteiger partial charge in [0, 0.05) is 51.2 Å². The van der Waals surface area contributed by atoms with E-state index >= 15 is 8.78 Å². The van der Waals surface area contributed by atoms with Gasteiger partial charge in [0.05, 0.1) is 22.9 Å². The highest BCUT2D eigenvalue weighted by Crippen LogP contribution is 2.34. The van der Waals surface area contributed by atoms with Crippen LogP contribution in [0.15, 0.2) is 29.2 Å². The van der Waals surface area contributed by atoms with Crippen molar-refractivity contribution in [1.29, 1.82) is 0 Å². The van der Waals surface area contributed by atoms with Crippen LogP contribution in [0.3, 0.4) is 0 Å². The number of alkyl halides is 1. The van der Waals surface area contributed by atoms with Gasteiger partial charge in [-0.25, -0.2) is 18.2 Å². The first kappa shape index (κ1) is 28.4. The second-order valence-electron chi connectivity index (χ2n) is 11.1.